The molecule has 1 fully saturated rings. The lowest BCUT2D eigenvalue weighted by Gasteiger charge is -2.34. The maximum atomic E-state index is 13.2. The Labute approximate surface area is 171 Å². The van der Waals surface area contributed by atoms with Crippen LogP contribution in [0.1, 0.15) is 31.4 Å². The van der Waals surface area contributed by atoms with Gasteiger partial charge < -0.3 is 4.84 Å². The first-order chi connectivity index (χ1) is 13.8. The zero-order valence-electron chi connectivity index (χ0n) is 16.9. The third kappa shape index (κ3) is 4.00. The Morgan fingerprint density at radius 3 is 2.55 bits per heavy atom. The molecule has 7 nitrogen and oxygen atoms in total. The van der Waals surface area contributed by atoms with Crippen molar-refractivity contribution in [3.63, 3.8) is 0 Å². The second-order valence-electron chi connectivity index (χ2n) is 8.08. The number of aryl methyl sites for hydroxylation is 1. The van der Waals surface area contributed by atoms with Crippen LogP contribution in [0.5, 0.6) is 0 Å². The summed E-state index contributed by atoms with van der Waals surface area (Å²) in [5.74, 6) is 0.698. The Morgan fingerprint density at radius 2 is 1.83 bits per heavy atom. The molecule has 3 aromatic rings. The fraction of sp³-hybridized carbons (Fsp3) is 0.429. The van der Waals surface area contributed by atoms with Gasteiger partial charge in [0.05, 0.1) is 4.90 Å². The highest BCUT2D eigenvalue weighted by atomic mass is 32.2. The van der Waals surface area contributed by atoms with E-state index in [0.29, 0.717) is 42.6 Å². The predicted octanol–water partition coefficient (Wildman–Crippen LogP) is 3.04. The van der Waals surface area contributed by atoms with Crippen LogP contribution in [0.15, 0.2) is 47.4 Å². The topological polar surface area (TPSA) is 77.3 Å². The lowest BCUT2D eigenvalue weighted by atomic mass is 9.94. The molecule has 1 saturated heterocycles. The highest BCUT2D eigenvalue weighted by Gasteiger charge is 2.32. The minimum absolute atomic E-state index is 0.245. The first-order valence-electron chi connectivity index (χ1n) is 9.88. The van der Waals surface area contributed by atoms with Gasteiger partial charge in [0.15, 0.2) is 0 Å². The first kappa shape index (κ1) is 19.8. The largest absolute Gasteiger partial charge is 0.390 e. The SMILES string of the molecule is Cc1ccccc1COn1nnc2ccc(S(=O)(=O)N3C[C@H](C)C[C@@H](C)C3)cc21. The van der Waals surface area contributed by atoms with Crippen LogP contribution in [0.3, 0.4) is 0 Å². The molecule has 1 aliphatic rings. The molecule has 0 amide bonds. The maximum Gasteiger partial charge on any atom is 0.243 e. The van der Waals surface area contributed by atoms with Gasteiger partial charge >= 0.3 is 0 Å². The molecule has 2 heterocycles. The van der Waals surface area contributed by atoms with Crippen LogP contribution in [-0.2, 0) is 16.6 Å². The van der Waals surface area contributed by atoms with Gasteiger partial charge in [-0.25, -0.2) is 8.42 Å². The number of nitrogens with zero attached hydrogens (tertiary/aromatic N) is 4. The minimum atomic E-state index is -3.58. The number of sulfonamides is 1. The number of piperidine rings is 1. The number of hydrogen-bond acceptors (Lipinski definition) is 5. The Balaban J connectivity index is 1.62. The summed E-state index contributed by atoms with van der Waals surface area (Å²) in [5.41, 5.74) is 3.29. The van der Waals surface area contributed by atoms with E-state index >= 15 is 0 Å². The first-order valence-corrected chi connectivity index (χ1v) is 11.3. The molecular weight excluding hydrogens is 388 g/mol. The maximum absolute atomic E-state index is 13.2. The van der Waals surface area contributed by atoms with Gasteiger partial charge in [0.25, 0.3) is 0 Å². The number of hydrogen-bond donors (Lipinski definition) is 0. The summed E-state index contributed by atoms with van der Waals surface area (Å²) < 4.78 is 28.0. The van der Waals surface area contributed by atoms with Crippen LogP contribution in [0.4, 0.5) is 0 Å². The van der Waals surface area contributed by atoms with Crippen LogP contribution in [-0.4, -0.2) is 41.0 Å². The molecule has 2 atom stereocenters. The molecule has 2 aromatic carbocycles. The van der Waals surface area contributed by atoms with Gasteiger partial charge in [0.2, 0.25) is 10.0 Å². The summed E-state index contributed by atoms with van der Waals surface area (Å²) in [4.78, 5) is 7.36. The van der Waals surface area contributed by atoms with E-state index in [2.05, 4.69) is 24.2 Å². The second kappa shape index (κ2) is 7.76. The third-order valence-corrected chi connectivity index (χ3v) is 7.29. The number of benzene rings is 2. The fourth-order valence-electron chi connectivity index (χ4n) is 3.99. The highest BCUT2D eigenvalue weighted by Crippen LogP contribution is 2.27. The molecule has 4 rings (SSSR count). The average molecular weight is 415 g/mol. The van der Waals surface area contributed by atoms with Crippen LogP contribution in [0, 0.1) is 18.8 Å². The Morgan fingerprint density at radius 1 is 1.10 bits per heavy atom. The average Bonchev–Trinajstić information content (AvgIpc) is 3.09. The standard InChI is InChI=1S/C21H26N4O3S/c1-15-10-16(2)13-24(12-15)29(26,27)19-8-9-20-21(11-19)25(23-22-20)28-14-18-7-5-4-6-17(18)3/h4-9,11,15-16H,10,12-14H2,1-3H3/t15-,16-/m1/s1. The third-order valence-electron chi connectivity index (χ3n) is 5.46. The summed E-state index contributed by atoms with van der Waals surface area (Å²) in [6.07, 6.45) is 1.05. The minimum Gasteiger partial charge on any atom is -0.390 e. The van der Waals surface area contributed by atoms with Gasteiger partial charge in [-0.1, -0.05) is 43.0 Å². The molecule has 154 valence electrons. The summed E-state index contributed by atoms with van der Waals surface area (Å²) in [6, 6.07) is 12.8. The van der Waals surface area contributed by atoms with Gasteiger partial charge in [-0.15, -0.1) is 5.10 Å². The summed E-state index contributed by atoms with van der Waals surface area (Å²) in [7, 11) is -3.58. The Hall–Kier alpha value is -2.45. The molecule has 8 heteroatoms. The van der Waals surface area contributed by atoms with E-state index < -0.39 is 10.0 Å². The van der Waals surface area contributed by atoms with Crippen molar-refractivity contribution in [1.29, 1.82) is 0 Å². The van der Waals surface area contributed by atoms with Gasteiger partial charge in [-0.3, -0.25) is 0 Å². The summed E-state index contributed by atoms with van der Waals surface area (Å²) in [5, 5.41) is 8.13. The van der Waals surface area contributed by atoms with Gasteiger partial charge in [-0.05, 0) is 59.7 Å². The van der Waals surface area contributed by atoms with E-state index in [1.54, 1.807) is 22.5 Å². The van der Waals surface area contributed by atoms with Crippen molar-refractivity contribution in [3.05, 3.63) is 53.6 Å². The monoisotopic (exact) mass is 414 g/mol. The summed E-state index contributed by atoms with van der Waals surface area (Å²) >= 11 is 0. The molecular formula is C21H26N4O3S. The smallest absolute Gasteiger partial charge is 0.243 e. The Kier molecular flexibility index (Phi) is 5.31. The molecule has 1 aromatic heterocycles. The number of rotatable bonds is 5. The van der Waals surface area contributed by atoms with E-state index in [9.17, 15) is 8.42 Å². The van der Waals surface area contributed by atoms with Gasteiger partial charge in [0, 0.05) is 13.1 Å². The highest BCUT2D eigenvalue weighted by molar-refractivity contribution is 7.89. The van der Waals surface area contributed by atoms with E-state index in [1.807, 2.05) is 31.2 Å². The molecule has 1 aliphatic heterocycles. The normalized spacial score (nSPS) is 20.8. The molecule has 0 bridgehead atoms. The molecule has 0 unspecified atom stereocenters. The van der Waals surface area contributed by atoms with Crippen molar-refractivity contribution < 1.29 is 13.3 Å². The van der Waals surface area contributed by atoms with Crippen LogP contribution in [0.2, 0.25) is 0 Å². The number of fused-ring (bicyclic) bond motifs is 1. The van der Waals surface area contributed by atoms with E-state index in [4.69, 9.17) is 4.84 Å². The van der Waals surface area contributed by atoms with Crippen molar-refractivity contribution in [2.75, 3.05) is 13.1 Å². The van der Waals surface area contributed by atoms with E-state index in [0.717, 1.165) is 17.5 Å². The van der Waals surface area contributed by atoms with E-state index in [-0.39, 0.29) is 4.90 Å². The van der Waals surface area contributed by atoms with Crippen molar-refractivity contribution in [2.45, 2.75) is 38.7 Å². The van der Waals surface area contributed by atoms with Crippen LogP contribution >= 0.6 is 0 Å². The molecule has 29 heavy (non-hydrogen) atoms. The zero-order chi connectivity index (χ0) is 20.6. The molecule has 0 spiro atoms. The van der Waals surface area contributed by atoms with Gasteiger partial charge in [-0.2, -0.15) is 4.31 Å². The zero-order valence-corrected chi connectivity index (χ0v) is 17.8. The van der Waals surface area contributed by atoms with Crippen molar-refractivity contribution in [2.24, 2.45) is 11.8 Å². The Bertz CT molecular complexity index is 1120. The van der Waals surface area contributed by atoms with E-state index in [1.165, 1.54) is 4.85 Å². The predicted molar refractivity (Wildman–Crippen MR) is 111 cm³/mol. The molecule has 0 saturated carbocycles. The van der Waals surface area contributed by atoms with Crippen molar-refractivity contribution >= 4 is 21.1 Å². The van der Waals surface area contributed by atoms with Crippen LogP contribution < -0.4 is 4.84 Å². The molecule has 0 aliphatic carbocycles. The summed E-state index contributed by atoms with van der Waals surface area (Å²) in [6.45, 7) is 7.63. The number of aromatic nitrogens is 3. The van der Waals surface area contributed by atoms with Crippen molar-refractivity contribution in [3.8, 4) is 0 Å². The lowest BCUT2D eigenvalue weighted by Crippen LogP contribution is -2.42. The molecule has 0 radical (unpaired) electrons. The fourth-order valence-corrected chi connectivity index (χ4v) is 5.69. The van der Waals surface area contributed by atoms with Crippen LogP contribution in [0.25, 0.3) is 11.0 Å². The quantitative estimate of drug-likeness (QED) is 0.641. The van der Waals surface area contributed by atoms with Gasteiger partial charge in [0.1, 0.15) is 17.6 Å². The lowest BCUT2D eigenvalue weighted by molar-refractivity contribution is 0.0748. The second-order valence-corrected chi connectivity index (χ2v) is 10.0. The molecule has 0 N–H and O–H groups in total. The van der Waals surface area contributed by atoms with Crippen molar-refractivity contribution in [1.82, 2.24) is 19.5 Å².